The van der Waals surface area contributed by atoms with Crippen LogP contribution in [0.2, 0.25) is 0 Å². The van der Waals surface area contributed by atoms with E-state index < -0.39 is 0 Å². The molecule has 1 aliphatic heterocycles. The topological polar surface area (TPSA) is 25.2 Å². The minimum absolute atomic E-state index is 0.0454. The number of fused-ring (bicyclic) bond motifs is 1. The van der Waals surface area contributed by atoms with Gasteiger partial charge in [-0.3, -0.25) is 4.79 Å². The van der Waals surface area contributed by atoms with Crippen molar-refractivity contribution in [3.63, 3.8) is 0 Å². The van der Waals surface area contributed by atoms with Crippen LogP contribution in [-0.2, 0) is 13.0 Å². The summed E-state index contributed by atoms with van der Waals surface area (Å²) in [6, 6.07) is 20.9. The van der Waals surface area contributed by atoms with Crippen LogP contribution in [0, 0.1) is 6.92 Å². The summed E-state index contributed by atoms with van der Waals surface area (Å²) < 4.78 is 2.27. The number of benzene rings is 2. The molecule has 0 aliphatic carbocycles. The van der Waals surface area contributed by atoms with Gasteiger partial charge in [0.05, 0.1) is 6.04 Å². The number of aromatic nitrogens is 1. The second-order valence-electron chi connectivity index (χ2n) is 7.74. The number of hydrogen-bond acceptors (Lipinski definition) is 1. The monoisotopic (exact) mass is 372 g/mol. The van der Waals surface area contributed by atoms with Gasteiger partial charge in [0.2, 0.25) is 0 Å². The number of carbonyl (C=O) groups is 1. The Bertz CT molecular complexity index is 955. The van der Waals surface area contributed by atoms with Gasteiger partial charge in [-0.25, -0.2) is 0 Å². The molecule has 0 saturated carbocycles. The first kappa shape index (κ1) is 18.5. The molecule has 28 heavy (non-hydrogen) atoms. The zero-order chi connectivity index (χ0) is 19.5. The lowest BCUT2D eigenvalue weighted by molar-refractivity contribution is 0.0664. The van der Waals surface area contributed by atoms with Gasteiger partial charge in [-0.05, 0) is 55.2 Å². The molecule has 1 aromatic heterocycles. The number of hydrogen-bond donors (Lipinski definition) is 0. The van der Waals surface area contributed by atoms with Crippen molar-refractivity contribution in [1.82, 2.24) is 9.47 Å². The lowest BCUT2D eigenvalue weighted by Gasteiger charge is -2.37. The molecule has 3 nitrogen and oxygen atoms in total. The molecule has 0 spiro atoms. The van der Waals surface area contributed by atoms with Crippen molar-refractivity contribution < 1.29 is 4.79 Å². The number of carbonyl (C=O) groups excluding carboxylic acids is 1. The predicted molar refractivity (Wildman–Crippen MR) is 114 cm³/mol. The Hall–Kier alpha value is -2.81. The molecule has 1 unspecified atom stereocenters. The summed E-state index contributed by atoms with van der Waals surface area (Å²) in [5.74, 6) is 0.112. The van der Waals surface area contributed by atoms with Gasteiger partial charge in [0.25, 0.3) is 5.91 Å². The van der Waals surface area contributed by atoms with E-state index in [1.807, 2.05) is 17.0 Å². The molecule has 0 N–H and O–H groups in total. The quantitative estimate of drug-likeness (QED) is 0.590. The summed E-state index contributed by atoms with van der Waals surface area (Å²) in [4.78, 5) is 15.5. The van der Waals surface area contributed by atoms with E-state index in [-0.39, 0.29) is 11.9 Å². The van der Waals surface area contributed by atoms with Crippen LogP contribution in [0.25, 0.3) is 0 Å². The molecule has 2 aromatic carbocycles. The second-order valence-corrected chi connectivity index (χ2v) is 7.74. The van der Waals surface area contributed by atoms with E-state index in [0.717, 1.165) is 25.1 Å². The van der Waals surface area contributed by atoms with Crippen LogP contribution >= 0.6 is 0 Å². The lowest BCUT2D eigenvalue weighted by Crippen LogP contribution is -2.42. The van der Waals surface area contributed by atoms with Crippen LogP contribution in [0.3, 0.4) is 0 Å². The Morgan fingerprint density at radius 2 is 1.86 bits per heavy atom. The van der Waals surface area contributed by atoms with Crippen molar-refractivity contribution in [3.05, 3.63) is 94.8 Å². The van der Waals surface area contributed by atoms with Gasteiger partial charge < -0.3 is 9.47 Å². The predicted octanol–water partition coefficient (Wildman–Crippen LogP) is 5.38. The molecule has 3 aromatic rings. The maximum atomic E-state index is 13.4. The minimum atomic E-state index is -0.0454. The van der Waals surface area contributed by atoms with Crippen molar-refractivity contribution in [1.29, 1.82) is 0 Å². The molecular weight excluding hydrogens is 344 g/mol. The fourth-order valence-electron chi connectivity index (χ4n) is 4.15. The third-order valence-corrected chi connectivity index (χ3v) is 5.68. The third kappa shape index (κ3) is 3.62. The molecular formula is C25H28N2O. The Morgan fingerprint density at radius 1 is 1.04 bits per heavy atom. The first-order chi connectivity index (χ1) is 13.7. The minimum Gasteiger partial charge on any atom is -0.348 e. The summed E-state index contributed by atoms with van der Waals surface area (Å²) in [5.41, 5.74) is 5.66. The van der Waals surface area contributed by atoms with Gasteiger partial charge in [0.1, 0.15) is 0 Å². The van der Waals surface area contributed by atoms with Crippen LogP contribution in [0.5, 0.6) is 0 Å². The second kappa shape index (κ2) is 8.05. The molecule has 4 rings (SSSR count). The van der Waals surface area contributed by atoms with Crippen LogP contribution < -0.4 is 0 Å². The van der Waals surface area contributed by atoms with Crippen molar-refractivity contribution in [3.8, 4) is 0 Å². The van der Waals surface area contributed by atoms with Gasteiger partial charge in [0, 0.05) is 30.5 Å². The summed E-state index contributed by atoms with van der Waals surface area (Å²) in [6.07, 6.45) is 5.56. The van der Waals surface area contributed by atoms with Crippen molar-refractivity contribution in [2.24, 2.45) is 0 Å². The molecule has 0 radical (unpaired) electrons. The molecule has 3 heteroatoms. The fourth-order valence-corrected chi connectivity index (χ4v) is 4.15. The van der Waals surface area contributed by atoms with Crippen LogP contribution in [-0.4, -0.2) is 21.9 Å². The van der Waals surface area contributed by atoms with E-state index in [1.165, 1.54) is 35.2 Å². The largest absolute Gasteiger partial charge is 0.348 e. The van der Waals surface area contributed by atoms with Crippen LogP contribution in [0.1, 0.15) is 58.5 Å². The molecule has 1 amide bonds. The summed E-state index contributed by atoms with van der Waals surface area (Å²) in [5, 5.41) is 0. The van der Waals surface area contributed by atoms with E-state index in [4.69, 9.17) is 0 Å². The lowest BCUT2D eigenvalue weighted by atomic mass is 9.97. The zero-order valence-corrected chi connectivity index (χ0v) is 16.8. The molecule has 0 saturated heterocycles. The van der Waals surface area contributed by atoms with Gasteiger partial charge in [-0.15, -0.1) is 0 Å². The maximum absolute atomic E-state index is 13.4. The van der Waals surface area contributed by atoms with E-state index in [9.17, 15) is 4.79 Å². The van der Waals surface area contributed by atoms with Crippen molar-refractivity contribution >= 4 is 5.91 Å². The summed E-state index contributed by atoms with van der Waals surface area (Å²) in [6.45, 7) is 5.86. The van der Waals surface area contributed by atoms with Gasteiger partial charge in [-0.2, -0.15) is 0 Å². The molecule has 0 fully saturated rings. The van der Waals surface area contributed by atoms with Crippen LogP contribution in [0.15, 0.2) is 66.9 Å². The number of rotatable bonds is 5. The molecule has 0 bridgehead atoms. The normalized spacial score (nSPS) is 16.1. The molecule has 144 valence electrons. The van der Waals surface area contributed by atoms with Crippen molar-refractivity contribution in [2.75, 3.05) is 6.54 Å². The molecule has 1 atom stereocenters. The first-order valence-electron chi connectivity index (χ1n) is 10.3. The smallest absolute Gasteiger partial charge is 0.254 e. The Labute approximate surface area is 167 Å². The SMILES string of the molecule is CCCCc1ccc(C(=O)N2CCn3cccc3C2c2cccc(C)c2)cc1. The van der Waals surface area contributed by atoms with Gasteiger partial charge >= 0.3 is 0 Å². The standard InChI is InChI=1S/C25H28N2O/c1-3-4-8-20-11-13-21(14-12-20)25(28)27-17-16-26-15-6-10-23(26)24(27)22-9-5-7-19(2)18-22/h5-7,9-15,18,24H,3-4,8,16-17H2,1-2H3. The number of amides is 1. The Kier molecular flexibility index (Phi) is 5.34. The highest BCUT2D eigenvalue weighted by molar-refractivity contribution is 5.94. The average Bonchev–Trinajstić information content (AvgIpc) is 3.20. The van der Waals surface area contributed by atoms with Crippen LogP contribution in [0.4, 0.5) is 0 Å². The first-order valence-corrected chi connectivity index (χ1v) is 10.3. The van der Waals surface area contributed by atoms with Crippen molar-refractivity contribution in [2.45, 2.75) is 45.7 Å². The third-order valence-electron chi connectivity index (χ3n) is 5.68. The average molecular weight is 373 g/mol. The summed E-state index contributed by atoms with van der Waals surface area (Å²) >= 11 is 0. The number of aryl methyl sites for hydroxylation is 2. The van der Waals surface area contributed by atoms with E-state index in [0.29, 0.717) is 0 Å². The zero-order valence-electron chi connectivity index (χ0n) is 16.8. The van der Waals surface area contributed by atoms with E-state index >= 15 is 0 Å². The summed E-state index contributed by atoms with van der Waals surface area (Å²) in [7, 11) is 0. The van der Waals surface area contributed by atoms with Gasteiger partial charge in [0.15, 0.2) is 0 Å². The maximum Gasteiger partial charge on any atom is 0.254 e. The highest BCUT2D eigenvalue weighted by Crippen LogP contribution is 2.33. The van der Waals surface area contributed by atoms with E-state index in [1.54, 1.807) is 0 Å². The molecule has 2 heterocycles. The number of nitrogens with zero attached hydrogens (tertiary/aromatic N) is 2. The van der Waals surface area contributed by atoms with Gasteiger partial charge in [-0.1, -0.05) is 55.3 Å². The highest BCUT2D eigenvalue weighted by Gasteiger charge is 2.32. The molecule has 1 aliphatic rings. The Balaban J connectivity index is 1.66. The fraction of sp³-hybridized carbons (Fsp3) is 0.320. The highest BCUT2D eigenvalue weighted by atomic mass is 16.2. The van der Waals surface area contributed by atoms with E-state index in [2.05, 4.69) is 73.1 Å². The Morgan fingerprint density at radius 3 is 2.61 bits per heavy atom. The number of unbranched alkanes of at least 4 members (excludes halogenated alkanes) is 1.